The van der Waals surface area contributed by atoms with Crippen molar-refractivity contribution < 1.29 is 18.7 Å². The van der Waals surface area contributed by atoms with E-state index in [1.165, 1.54) is 30.2 Å². The van der Waals surface area contributed by atoms with Crippen LogP contribution in [0.1, 0.15) is 70.1 Å². The Kier molecular flexibility index (Phi) is 9.48. The lowest BCUT2D eigenvalue weighted by molar-refractivity contribution is -0.120. The Hall–Kier alpha value is -2.35. The average Bonchev–Trinajstić information content (AvgIpc) is 2.81. The van der Waals surface area contributed by atoms with Crippen LogP contribution >= 0.6 is 0 Å². The molecule has 3 N–H and O–H groups in total. The third-order valence-corrected chi connectivity index (χ3v) is 7.70. The predicted molar refractivity (Wildman–Crippen MR) is 144 cm³/mol. The molecule has 2 atom stereocenters. The number of carbonyl (C=O) groups is 1. The van der Waals surface area contributed by atoms with Crippen molar-refractivity contribution in [2.24, 2.45) is 0 Å². The Morgan fingerprint density at radius 1 is 1.11 bits per heavy atom. The van der Waals surface area contributed by atoms with Gasteiger partial charge in [-0.15, -0.1) is 0 Å². The normalized spacial score (nSPS) is 22.1. The van der Waals surface area contributed by atoms with Gasteiger partial charge in [-0.1, -0.05) is 45.0 Å². The van der Waals surface area contributed by atoms with Crippen LogP contribution < -0.4 is 10.6 Å². The van der Waals surface area contributed by atoms with Crippen LogP contribution in [0.25, 0.3) is 0 Å². The minimum absolute atomic E-state index is 0.00822. The molecule has 0 radical (unpaired) electrons. The lowest BCUT2D eigenvalue weighted by atomic mass is 9.73. The Labute approximate surface area is 220 Å². The van der Waals surface area contributed by atoms with Crippen LogP contribution in [0.5, 0.6) is 0 Å². The molecule has 2 aromatic rings. The van der Waals surface area contributed by atoms with Crippen LogP contribution in [0.2, 0.25) is 0 Å². The van der Waals surface area contributed by atoms with E-state index >= 15 is 0 Å². The van der Waals surface area contributed by atoms with Gasteiger partial charge in [0.1, 0.15) is 11.6 Å². The van der Waals surface area contributed by atoms with E-state index in [0.717, 1.165) is 31.7 Å². The van der Waals surface area contributed by atoms with Crippen LogP contribution in [0.4, 0.5) is 8.78 Å². The van der Waals surface area contributed by atoms with Crippen molar-refractivity contribution in [1.82, 2.24) is 15.5 Å². The number of carbonyl (C=O) groups excluding carboxylic acids is 1. The third-order valence-electron chi connectivity index (χ3n) is 7.70. The molecule has 5 nitrogen and oxygen atoms in total. The molecule has 204 valence electrons. The summed E-state index contributed by atoms with van der Waals surface area (Å²) in [7, 11) is 4.23. The molecule has 7 heteroatoms. The van der Waals surface area contributed by atoms with Crippen molar-refractivity contribution in [2.75, 3.05) is 20.6 Å². The van der Waals surface area contributed by atoms with Crippen LogP contribution in [-0.2, 0) is 22.2 Å². The van der Waals surface area contributed by atoms with E-state index in [-0.39, 0.29) is 29.8 Å². The Balaban J connectivity index is 1.84. The first kappa shape index (κ1) is 29.2. The first-order valence-corrected chi connectivity index (χ1v) is 13.2. The number of halogens is 2. The molecule has 37 heavy (non-hydrogen) atoms. The fourth-order valence-electron chi connectivity index (χ4n) is 5.43. The van der Waals surface area contributed by atoms with E-state index in [4.69, 9.17) is 0 Å². The zero-order valence-electron chi connectivity index (χ0n) is 23.1. The lowest BCUT2D eigenvalue weighted by Crippen LogP contribution is -2.54. The van der Waals surface area contributed by atoms with Gasteiger partial charge in [-0.2, -0.15) is 0 Å². The molecule has 3 rings (SSSR count). The first-order chi connectivity index (χ1) is 17.3. The summed E-state index contributed by atoms with van der Waals surface area (Å²) in [4.78, 5) is 14.2. The van der Waals surface area contributed by atoms with Gasteiger partial charge in [0.25, 0.3) is 0 Å². The first-order valence-electron chi connectivity index (χ1n) is 13.2. The number of aliphatic hydroxyl groups is 1. The van der Waals surface area contributed by atoms with Crippen molar-refractivity contribution in [3.63, 3.8) is 0 Å². The van der Waals surface area contributed by atoms with Crippen molar-refractivity contribution in [3.05, 3.63) is 70.8 Å². The van der Waals surface area contributed by atoms with Gasteiger partial charge in [0.15, 0.2) is 0 Å². The molecule has 1 fully saturated rings. The molecule has 0 bridgehead atoms. The fraction of sp³-hybridized carbons (Fsp3) is 0.567. The van der Waals surface area contributed by atoms with Gasteiger partial charge in [0.2, 0.25) is 5.91 Å². The maximum absolute atomic E-state index is 13.8. The number of aliphatic hydroxyl groups excluding tert-OH is 1. The monoisotopic (exact) mass is 515 g/mol. The molecule has 1 amide bonds. The summed E-state index contributed by atoms with van der Waals surface area (Å²) in [5.74, 6) is -1.67. The van der Waals surface area contributed by atoms with Crippen molar-refractivity contribution in [1.29, 1.82) is 0 Å². The van der Waals surface area contributed by atoms with E-state index in [9.17, 15) is 18.7 Å². The SMILES string of the molecule is CC(=O)NC(Cc1cc(F)cc(F)c1)C(O)CNC1(c2cccc(C(C)(C)C)c2)CCC(N(C)C)CC1. The van der Waals surface area contributed by atoms with E-state index in [0.29, 0.717) is 11.6 Å². The standard InChI is InChI=1S/C30H43F2N3O2/c1-20(36)34-27(16-21-14-24(31)18-25(32)15-21)28(37)19-33-30(12-10-26(11-13-30)35(5)6)23-9-7-8-22(17-23)29(2,3)4/h7-9,14-15,17-18,26-28,33,37H,10-13,16,19H2,1-6H3,(H,34,36). The fourth-order valence-corrected chi connectivity index (χ4v) is 5.43. The summed E-state index contributed by atoms with van der Waals surface area (Å²) >= 11 is 0. The molecular weight excluding hydrogens is 472 g/mol. The van der Waals surface area contributed by atoms with E-state index in [2.05, 4.69) is 74.7 Å². The van der Waals surface area contributed by atoms with Crippen LogP contribution in [0.15, 0.2) is 42.5 Å². The number of amides is 1. The summed E-state index contributed by atoms with van der Waals surface area (Å²) in [5, 5.41) is 17.7. The van der Waals surface area contributed by atoms with E-state index < -0.39 is 23.8 Å². The van der Waals surface area contributed by atoms with Gasteiger partial charge >= 0.3 is 0 Å². The molecule has 0 saturated heterocycles. The van der Waals surface area contributed by atoms with E-state index in [1.54, 1.807) is 0 Å². The molecule has 0 aliphatic heterocycles. The number of nitrogens with zero attached hydrogens (tertiary/aromatic N) is 1. The minimum Gasteiger partial charge on any atom is -0.390 e. The Morgan fingerprint density at radius 2 is 1.73 bits per heavy atom. The van der Waals surface area contributed by atoms with Crippen molar-refractivity contribution in [2.45, 2.75) is 88.9 Å². The third kappa shape index (κ3) is 7.82. The average molecular weight is 516 g/mol. The summed E-state index contributed by atoms with van der Waals surface area (Å²) in [6, 6.07) is 11.8. The quantitative estimate of drug-likeness (QED) is 0.455. The second-order valence-electron chi connectivity index (χ2n) is 11.8. The Morgan fingerprint density at radius 3 is 2.27 bits per heavy atom. The van der Waals surface area contributed by atoms with Crippen LogP contribution in [0, 0.1) is 11.6 Å². The van der Waals surface area contributed by atoms with Crippen LogP contribution in [-0.4, -0.2) is 54.7 Å². The summed E-state index contributed by atoms with van der Waals surface area (Å²) < 4.78 is 27.5. The zero-order chi connectivity index (χ0) is 27.4. The Bertz CT molecular complexity index is 1040. The maximum Gasteiger partial charge on any atom is 0.217 e. The second kappa shape index (κ2) is 12.0. The number of hydrogen-bond donors (Lipinski definition) is 3. The van der Waals surface area contributed by atoms with Gasteiger partial charge in [-0.25, -0.2) is 8.78 Å². The summed E-state index contributed by atoms with van der Waals surface area (Å²) in [5.41, 5.74) is 2.53. The molecule has 1 aliphatic rings. The molecule has 1 aliphatic carbocycles. The molecule has 2 aromatic carbocycles. The van der Waals surface area contributed by atoms with Gasteiger partial charge in [0, 0.05) is 31.1 Å². The summed E-state index contributed by atoms with van der Waals surface area (Å²) in [6.45, 7) is 8.21. The van der Waals surface area contributed by atoms with Crippen molar-refractivity contribution >= 4 is 5.91 Å². The van der Waals surface area contributed by atoms with Gasteiger partial charge in [-0.05, 0) is 80.4 Å². The largest absolute Gasteiger partial charge is 0.390 e. The predicted octanol–water partition coefficient (Wildman–Crippen LogP) is 4.66. The number of rotatable bonds is 9. The molecule has 0 heterocycles. The number of hydrogen-bond acceptors (Lipinski definition) is 4. The van der Waals surface area contributed by atoms with Gasteiger partial charge in [-0.3, -0.25) is 4.79 Å². The number of benzene rings is 2. The maximum atomic E-state index is 13.8. The minimum atomic E-state index is -0.954. The zero-order valence-corrected chi connectivity index (χ0v) is 23.1. The molecule has 2 unspecified atom stereocenters. The highest BCUT2D eigenvalue weighted by Crippen LogP contribution is 2.39. The molecule has 0 aromatic heterocycles. The van der Waals surface area contributed by atoms with Crippen molar-refractivity contribution in [3.8, 4) is 0 Å². The van der Waals surface area contributed by atoms with E-state index in [1.807, 2.05) is 0 Å². The second-order valence-corrected chi connectivity index (χ2v) is 11.8. The molecular formula is C30H43F2N3O2. The molecule has 0 spiro atoms. The smallest absolute Gasteiger partial charge is 0.217 e. The highest BCUT2D eigenvalue weighted by molar-refractivity contribution is 5.73. The highest BCUT2D eigenvalue weighted by atomic mass is 19.1. The highest BCUT2D eigenvalue weighted by Gasteiger charge is 2.38. The molecule has 1 saturated carbocycles. The summed E-state index contributed by atoms with van der Waals surface area (Å²) in [6.07, 6.45) is 3.03. The van der Waals surface area contributed by atoms with Crippen LogP contribution in [0.3, 0.4) is 0 Å². The number of nitrogens with one attached hydrogen (secondary N) is 2. The van der Waals surface area contributed by atoms with Gasteiger partial charge < -0.3 is 20.6 Å². The topological polar surface area (TPSA) is 64.6 Å². The lowest BCUT2D eigenvalue weighted by Gasteiger charge is -2.44. The van der Waals surface area contributed by atoms with Gasteiger partial charge in [0.05, 0.1) is 12.1 Å².